The third-order valence-corrected chi connectivity index (χ3v) is 4.10. The fourth-order valence-electron chi connectivity index (χ4n) is 2.23. The van der Waals surface area contributed by atoms with Gasteiger partial charge in [0.15, 0.2) is 5.82 Å². The molecule has 1 fully saturated rings. The summed E-state index contributed by atoms with van der Waals surface area (Å²) in [5.74, 6) is 0.398. The predicted octanol–water partition coefficient (Wildman–Crippen LogP) is 3.54. The van der Waals surface area contributed by atoms with Crippen LogP contribution in [0.25, 0.3) is 0 Å². The Morgan fingerprint density at radius 1 is 1.33 bits per heavy atom. The van der Waals surface area contributed by atoms with E-state index >= 15 is 0 Å². The molecular formula is C15H15Cl2N3O. The van der Waals surface area contributed by atoms with E-state index in [4.69, 9.17) is 23.2 Å². The van der Waals surface area contributed by atoms with E-state index in [1.807, 2.05) is 12.1 Å². The van der Waals surface area contributed by atoms with Crippen molar-refractivity contribution in [2.75, 3.05) is 11.9 Å². The number of rotatable bonds is 5. The summed E-state index contributed by atoms with van der Waals surface area (Å²) in [5, 5.41) is 4.35. The first-order valence-corrected chi connectivity index (χ1v) is 7.65. The first-order valence-electron chi connectivity index (χ1n) is 6.90. The predicted molar refractivity (Wildman–Crippen MR) is 85.4 cm³/mol. The quantitative estimate of drug-likeness (QED) is 0.915. The molecule has 0 spiro atoms. The molecule has 0 radical (unpaired) electrons. The molecule has 1 aromatic carbocycles. The number of hydrogen-bond acceptors (Lipinski definition) is 3. The van der Waals surface area contributed by atoms with Crippen molar-refractivity contribution in [1.82, 2.24) is 9.55 Å². The number of nitrogens with one attached hydrogen (secondary N) is 1. The molecule has 0 atom stereocenters. The van der Waals surface area contributed by atoms with Gasteiger partial charge in [-0.2, -0.15) is 0 Å². The van der Waals surface area contributed by atoms with Crippen LogP contribution in [0.1, 0.15) is 24.4 Å². The molecule has 0 amide bonds. The van der Waals surface area contributed by atoms with Gasteiger partial charge in [0.2, 0.25) is 0 Å². The molecule has 110 valence electrons. The highest BCUT2D eigenvalue weighted by Gasteiger charge is 2.25. The maximum absolute atomic E-state index is 12.2. The lowest BCUT2D eigenvalue weighted by molar-refractivity contribution is 0.699. The highest BCUT2D eigenvalue weighted by atomic mass is 35.5. The number of aromatic nitrogens is 2. The number of nitrogens with zero attached hydrogens (tertiary/aromatic N) is 2. The molecule has 1 aliphatic rings. The largest absolute Gasteiger partial charge is 0.365 e. The Labute approximate surface area is 132 Å². The molecule has 1 heterocycles. The fourth-order valence-corrected chi connectivity index (χ4v) is 2.73. The van der Waals surface area contributed by atoms with Gasteiger partial charge in [0, 0.05) is 35.0 Å². The summed E-state index contributed by atoms with van der Waals surface area (Å²) in [6, 6.07) is 5.78. The molecule has 0 unspecified atom stereocenters. The third-order valence-electron chi connectivity index (χ3n) is 3.51. The van der Waals surface area contributed by atoms with Crippen LogP contribution in [0.15, 0.2) is 35.4 Å². The Morgan fingerprint density at radius 3 is 2.86 bits per heavy atom. The summed E-state index contributed by atoms with van der Waals surface area (Å²) >= 11 is 12.0. The van der Waals surface area contributed by atoms with Crippen LogP contribution in [0.4, 0.5) is 5.82 Å². The van der Waals surface area contributed by atoms with E-state index in [-0.39, 0.29) is 5.56 Å². The first kappa shape index (κ1) is 14.4. The summed E-state index contributed by atoms with van der Waals surface area (Å²) in [6.07, 6.45) is 6.27. The molecule has 21 heavy (non-hydrogen) atoms. The van der Waals surface area contributed by atoms with E-state index in [1.165, 1.54) is 0 Å². The van der Waals surface area contributed by atoms with Crippen molar-refractivity contribution < 1.29 is 0 Å². The van der Waals surface area contributed by atoms with Gasteiger partial charge in [0.1, 0.15) is 0 Å². The van der Waals surface area contributed by atoms with Crippen LogP contribution in [-0.4, -0.2) is 16.1 Å². The minimum atomic E-state index is -0.0535. The third kappa shape index (κ3) is 3.39. The molecule has 1 aromatic heterocycles. The Kier molecular flexibility index (Phi) is 4.17. The summed E-state index contributed by atoms with van der Waals surface area (Å²) in [7, 11) is 0. The van der Waals surface area contributed by atoms with Crippen molar-refractivity contribution in [2.45, 2.75) is 25.3 Å². The molecule has 0 saturated heterocycles. The molecule has 6 heteroatoms. The van der Waals surface area contributed by atoms with Gasteiger partial charge in [-0.1, -0.05) is 29.3 Å². The van der Waals surface area contributed by atoms with Crippen molar-refractivity contribution in [3.8, 4) is 0 Å². The number of halogens is 2. The van der Waals surface area contributed by atoms with E-state index in [0.29, 0.717) is 34.9 Å². The maximum atomic E-state index is 12.2. The average Bonchev–Trinajstić information content (AvgIpc) is 3.27. The van der Waals surface area contributed by atoms with Gasteiger partial charge in [-0.15, -0.1) is 0 Å². The maximum Gasteiger partial charge on any atom is 0.293 e. The molecular weight excluding hydrogens is 309 g/mol. The summed E-state index contributed by atoms with van der Waals surface area (Å²) in [4.78, 5) is 16.3. The van der Waals surface area contributed by atoms with Crippen LogP contribution in [0, 0.1) is 0 Å². The lowest BCUT2D eigenvalue weighted by atomic mass is 10.1. The summed E-state index contributed by atoms with van der Waals surface area (Å²) in [6.45, 7) is 0.596. The van der Waals surface area contributed by atoms with Crippen LogP contribution >= 0.6 is 23.2 Å². The van der Waals surface area contributed by atoms with Crippen molar-refractivity contribution in [3.05, 3.63) is 56.6 Å². The van der Waals surface area contributed by atoms with Crippen LogP contribution in [0.5, 0.6) is 0 Å². The minimum absolute atomic E-state index is 0.0535. The smallest absolute Gasteiger partial charge is 0.293 e. The number of hydrogen-bond donors (Lipinski definition) is 1. The van der Waals surface area contributed by atoms with E-state index < -0.39 is 0 Å². The van der Waals surface area contributed by atoms with Crippen molar-refractivity contribution in [3.63, 3.8) is 0 Å². The molecule has 1 N–H and O–H groups in total. The molecule has 4 nitrogen and oxygen atoms in total. The zero-order valence-electron chi connectivity index (χ0n) is 11.4. The van der Waals surface area contributed by atoms with Crippen LogP contribution < -0.4 is 10.9 Å². The fraction of sp³-hybridized carbons (Fsp3) is 0.333. The Hall–Kier alpha value is -1.52. The molecule has 1 saturated carbocycles. The molecule has 3 rings (SSSR count). The molecule has 0 bridgehead atoms. The molecule has 1 aliphatic carbocycles. The second-order valence-electron chi connectivity index (χ2n) is 5.13. The van der Waals surface area contributed by atoms with Gasteiger partial charge in [-0.05, 0) is 37.0 Å². The van der Waals surface area contributed by atoms with Crippen LogP contribution in [-0.2, 0) is 6.42 Å². The van der Waals surface area contributed by atoms with Gasteiger partial charge in [-0.25, -0.2) is 4.98 Å². The zero-order chi connectivity index (χ0) is 14.8. The lowest BCUT2D eigenvalue weighted by Gasteiger charge is -2.09. The van der Waals surface area contributed by atoms with Crippen LogP contribution in [0.2, 0.25) is 10.0 Å². The van der Waals surface area contributed by atoms with Gasteiger partial charge in [-0.3, -0.25) is 4.79 Å². The SMILES string of the molecule is O=c1c(NCCc2ccc(Cl)cc2Cl)nccn1C1CC1. The highest BCUT2D eigenvalue weighted by molar-refractivity contribution is 6.35. The van der Waals surface area contributed by atoms with E-state index in [9.17, 15) is 4.79 Å². The van der Waals surface area contributed by atoms with Crippen LogP contribution in [0.3, 0.4) is 0 Å². The normalized spacial score (nSPS) is 14.2. The Bertz CT molecular complexity index is 710. The Balaban J connectivity index is 1.65. The Morgan fingerprint density at radius 2 is 2.14 bits per heavy atom. The van der Waals surface area contributed by atoms with E-state index in [1.54, 1.807) is 23.0 Å². The second kappa shape index (κ2) is 6.08. The average molecular weight is 324 g/mol. The summed E-state index contributed by atoms with van der Waals surface area (Å²) in [5.41, 5.74) is 0.939. The minimum Gasteiger partial charge on any atom is -0.365 e. The monoisotopic (exact) mass is 323 g/mol. The topological polar surface area (TPSA) is 46.9 Å². The van der Waals surface area contributed by atoms with Gasteiger partial charge < -0.3 is 9.88 Å². The first-order chi connectivity index (χ1) is 10.1. The lowest BCUT2D eigenvalue weighted by Crippen LogP contribution is -2.24. The van der Waals surface area contributed by atoms with Gasteiger partial charge in [0.25, 0.3) is 5.56 Å². The zero-order valence-corrected chi connectivity index (χ0v) is 12.9. The van der Waals surface area contributed by atoms with Crippen molar-refractivity contribution in [2.24, 2.45) is 0 Å². The van der Waals surface area contributed by atoms with Crippen molar-refractivity contribution in [1.29, 1.82) is 0 Å². The van der Waals surface area contributed by atoms with Gasteiger partial charge in [0.05, 0.1) is 0 Å². The summed E-state index contributed by atoms with van der Waals surface area (Å²) < 4.78 is 1.75. The molecule has 0 aliphatic heterocycles. The number of benzene rings is 1. The highest BCUT2D eigenvalue weighted by Crippen LogP contribution is 2.33. The molecule has 2 aromatic rings. The standard InChI is InChI=1S/C15H15Cl2N3O/c16-11-2-1-10(13(17)9-11)5-6-18-14-15(21)20(8-7-19-14)12-3-4-12/h1-2,7-9,12H,3-6H2,(H,18,19). The van der Waals surface area contributed by atoms with Crippen molar-refractivity contribution >= 4 is 29.0 Å². The number of anilines is 1. The van der Waals surface area contributed by atoms with Gasteiger partial charge >= 0.3 is 0 Å². The van der Waals surface area contributed by atoms with E-state index in [2.05, 4.69) is 10.3 Å². The van der Waals surface area contributed by atoms with E-state index in [0.717, 1.165) is 18.4 Å². The second-order valence-corrected chi connectivity index (χ2v) is 5.98.